The predicted octanol–water partition coefficient (Wildman–Crippen LogP) is 2.40. The second-order valence-corrected chi connectivity index (χ2v) is 6.90. The highest BCUT2D eigenvalue weighted by Gasteiger charge is 2.26. The maximum Gasteiger partial charge on any atom is 0.442 e. The molecule has 0 unspecified atom stereocenters. The molecule has 0 spiro atoms. The van der Waals surface area contributed by atoms with Crippen molar-refractivity contribution >= 4 is 32.5 Å². The van der Waals surface area contributed by atoms with Crippen molar-refractivity contribution in [3.63, 3.8) is 0 Å². The van der Waals surface area contributed by atoms with Crippen LogP contribution >= 0.6 is 15.9 Å². The summed E-state index contributed by atoms with van der Waals surface area (Å²) in [6.07, 6.45) is 3.01. The quantitative estimate of drug-likeness (QED) is 0.640. The van der Waals surface area contributed by atoms with Gasteiger partial charge in [-0.3, -0.25) is 0 Å². The summed E-state index contributed by atoms with van der Waals surface area (Å²) in [7, 11) is 2.10. The summed E-state index contributed by atoms with van der Waals surface area (Å²) in [4.78, 5) is 25.5. The van der Waals surface area contributed by atoms with Gasteiger partial charge in [-0.1, -0.05) is 15.9 Å². The lowest BCUT2D eigenvalue weighted by molar-refractivity contribution is 0.282. The number of halogens is 1. The zero-order chi connectivity index (χ0) is 16.1. The Kier molecular flexibility index (Phi) is 3.42. The molecule has 1 aromatic carbocycles. The van der Waals surface area contributed by atoms with Gasteiger partial charge in [-0.15, -0.1) is 4.57 Å². The summed E-state index contributed by atoms with van der Waals surface area (Å²) in [5, 5.41) is 0.928. The van der Waals surface area contributed by atoms with Gasteiger partial charge in [-0.25, -0.2) is 9.59 Å². The van der Waals surface area contributed by atoms with E-state index in [1.165, 1.54) is 4.57 Å². The van der Waals surface area contributed by atoms with Gasteiger partial charge < -0.3 is 13.8 Å². The molecule has 120 valence electrons. The van der Waals surface area contributed by atoms with Crippen LogP contribution in [0.2, 0.25) is 0 Å². The van der Waals surface area contributed by atoms with Crippen molar-refractivity contribution in [1.82, 2.24) is 9.47 Å². The third-order valence-electron chi connectivity index (χ3n) is 4.59. The van der Waals surface area contributed by atoms with E-state index in [9.17, 15) is 9.59 Å². The van der Waals surface area contributed by atoms with Crippen LogP contribution < -0.4 is 11.3 Å². The molecule has 1 fully saturated rings. The Bertz CT molecular complexity index is 1020. The van der Waals surface area contributed by atoms with Crippen LogP contribution in [-0.2, 0) is 6.42 Å². The average molecular weight is 379 g/mol. The smallest absolute Gasteiger partial charge is 0.397 e. The molecule has 23 heavy (non-hydrogen) atoms. The number of fused-ring (bicyclic) bond motifs is 3. The van der Waals surface area contributed by atoms with Crippen LogP contribution in [0.15, 0.2) is 41.2 Å². The predicted molar refractivity (Wildman–Crippen MR) is 89.0 cm³/mol. The van der Waals surface area contributed by atoms with E-state index >= 15 is 0 Å². The normalized spacial score (nSPS) is 19.1. The molecule has 2 aromatic heterocycles. The summed E-state index contributed by atoms with van der Waals surface area (Å²) in [5.41, 5.74) is -0.0224. The van der Waals surface area contributed by atoms with Gasteiger partial charge in [-0.2, -0.15) is 0 Å². The van der Waals surface area contributed by atoms with Crippen LogP contribution in [-0.4, -0.2) is 29.1 Å². The molecular formula is C16H15BrN2O4. The van der Waals surface area contributed by atoms with Crippen molar-refractivity contribution in [1.29, 1.82) is 0 Å². The molecule has 7 heteroatoms. The zero-order valence-electron chi connectivity index (χ0n) is 12.5. The molecule has 6 nitrogen and oxygen atoms in total. The number of rotatable bonds is 2. The summed E-state index contributed by atoms with van der Waals surface area (Å²) < 4.78 is 12.7. The molecule has 0 N–H and O–H groups in total. The van der Waals surface area contributed by atoms with E-state index in [1.807, 2.05) is 18.2 Å². The van der Waals surface area contributed by atoms with Gasteiger partial charge in [-0.05, 0) is 51.1 Å². The fourth-order valence-electron chi connectivity index (χ4n) is 3.39. The van der Waals surface area contributed by atoms with Crippen molar-refractivity contribution < 1.29 is 8.94 Å². The van der Waals surface area contributed by atoms with E-state index in [0.717, 1.165) is 46.7 Å². The molecule has 0 aliphatic carbocycles. The fraction of sp³-hybridized carbons (Fsp3) is 0.375. The van der Waals surface area contributed by atoms with Crippen LogP contribution in [0, 0.1) is 0 Å². The second-order valence-electron chi connectivity index (χ2n) is 5.99. The van der Waals surface area contributed by atoms with Gasteiger partial charge >= 0.3 is 11.3 Å². The summed E-state index contributed by atoms with van der Waals surface area (Å²) >= 11 is 3.47. The van der Waals surface area contributed by atoms with Gasteiger partial charge in [0, 0.05) is 21.5 Å². The number of aromatic nitrogens is 1. The number of likely N-dealkylation sites (N-methyl/N-ethyl adjacent to an activating group) is 1. The SMILES string of the molecule is CN1CCC[C@@H]1Cc1c2cc(Br)ccc2n2oc(=O)c(=O)oc12. The van der Waals surface area contributed by atoms with E-state index in [2.05, 4.69) is 27.9 Å². The Balaban J connectivity index is 2.01. The highest BCUT2D eigenvalue weighted by Crippen LogP contribution is 2.31. The first kappa shape index (κ1) is 14.7. The lowest BCUT2D eigenvalue weighted by Gasteiger charge is -2.18. The molecule has 0 saturated carbocycles. The highest BCUT2D eigenvalue weighted by molar-refractivity contribution is 9.10. The molecule has 1 saturated heterocycles. The standard InChI is InChI=1S/C16H15BrN2O4/c1-18-6-2-3-10(18)8-12-11-7-9(17)4-5-13(11)19-14(12)22-15(20)16(21)23-19/h4-5,7,10H,2-3,6,8H2,1H3/t10-/m1/s1. The van der Waals surface area contributed by atoms with Crippen LogP contribution in [0.5, 0.6) is 0 Å². The molecule has 3 heterocycles. The van der Waals surface area contributed by atoms with E-state index in [1.54, 1.807) is 0 Å². The summed E-state index contributed by atoms with van der Waals surface area (Å²) in [6, 6.07) is 6.07. The maximum atomic E-state index is 11.6. The van der Waals surface area contributed by atoms with Gasteiger partial charge in [0.05, 0.1) is 5.52 Å². The van der Waals surface area contributed by atoms with Crippen molar-refractivity contribution in [3.05, 3.63) is 49.1 Å². The number of hydrogen-bond donors (Lipinski definition) is 0. The lowest BCUT2D eigenvalue weighted by Crippen LogP contribution is -2.27. The monoisotopic (exact) mass is 378 g/mol. The van der Waals surface area contributed by atoms with Crippen LogP contribution in [0.1, 0.15) is 18.4 Å². The zero-order valence-corrected chi connectivity index (χ0v) is 14.1. The van der Waals surface area contributed by atoms with Crippen LogP contribution in [0.25, 0.3) is 16.6 Å². The first-order valence-electron chi connectivity index (χ1n) is 7.52. The maximum absolute atomic E-state index is 11.6. The fourth-order valence-corrected chi connectivity index (χ4v) is 3.75. The molecule has 0 bridgehead atoms. The third kappa shape index (κ3) is 2.35. The topological polar surface area (TPSA) is 68.1 Å². The Morgan fingerprint density at radius 3 is 2.87 bits per heavy atom. The van der Waals surface area contributed by atoms with E-state index in [4.69, 9.17) is 8.94 Å². The van der Waals surface area contributed by atoms with E-state index in [-0.39, 0.29) is 0 Å². The first-order chi connectivity index (χ1) is 11.0. The van der Waals surface area contributed by atoms with Crippen molar-refractivity contribution in [2.75, 3.05) is 13.6 Å². The number of nitrogens with zero attached hydrogens (tertiary/aromatic N) is 2. The second kappa shape index (κ2) is 5.35. The molecule has 0 amide bonds. The van der Waals surface area contributed by atoms with E-state index in [0.29, 0.717) is 11.8 Å². The Labute approximate surface area is 139 Å². The molecule has 1 atom stereocenters. The Morgan fingerprint density at radius 1 is 1.30 bits per heavy atom. The van der Waals surface area contributed by atoms with Crippen LogP contribution in [0.4, 0.5) is 0 Å². The number of benzene rings is 1. The Hall–Kier alpha value is -1.86. The minimum absolute atomic E-state index is 0.322. The molecule has 3 aromatic rings. The van der Waals surface area contributed by atoms with Crippen LogP contribution in [0.3, 0.4) is 0 Å². The molecule has 4 rings (SSSR count). The minimum Gasteiger partial charge on any atom is -0.397 e. The average Bonchev–Trinajstić information content (AvgIpc) is 3.04. The van der Waals surface area contributed by atoms with Gasteiger partial charge in [0.25, 0.3) is 0 Å². The third-order valence-corrected chi connectivity index (χ3v) is 5.08. The Morgan fingerprint density at radius 2 is 2.13 bits per heavy atom. The molecular weight excluding hydrogens is 364 g/mol. The number of likely N-dealkylation sites (tertiary alicyclic amines) is 1. The molecule has 1 aliphatic heterocycles. The van der Waals surface area contributed by atoms with Gasteiger partial charge in [0.2, 0.25) is 5.71 Å². The molecule has 0 radical (unpaired) electrons. The van der Waals surface area contributed by atoms with Crippen molar-refractivity contribution in [3.8, 4) is 0 Å². The van der Waals surface area contributed by atoms with Crippen molar-refractivity contribution in [2.45, 2.75) is 25.3 Å². The highest BCUT2D eigenvalue weighted by atomic mass is 79.9. The molecule has 1 aliphatic rings. The minimum atomic E-state index is -0.998. The van der Waals surface area contributed by atoms with Gasteiger partial charge in [0.15, 0.2) is 0 Å². The van der Waals surface area contributed by atoms with Gasteiger partial charge in [0.1, 0.15) is 0 Å². The van der Waals surface area contributed by atoms with E-state index < -0.39 is 11.3 Å². The summed E-state index contributed by atoms with van der Waals surface area (Å²) in [6.45, 7) is 1.07. The first-order valence-corrected chi connectivity index (χ1v) is 8.31. The lowest BCUT2D eigenvalue weighted by atomic mass is 10.0. The summed E-state index contributed by atoms with van der Waals surface area (Å²) in [5.74, 6) is 0. The number of hydrogen-bond acceptors (Lipinski definition) is 5. The largest absolute Gasteiger partial charge is 0.442 e. The van der Waals surface area contributed by atoms with Crippen molar-refractivity contribution in [2.24, 2.45) is 0 Å².